The van der Waals surface area contributed by atoms with Gasteiger partial charge in [0.1, 0.15) is 17.2 Å². The lowest BCUT2D eigenvalue weighted by Crippen LogP contribution is -2.29. The minimum atomic E-state index is -0.134. The molecule has 7 heteroatoms. The molecule has 1 N–H and O–H groups in total. The van der Waals surface area contributed by atoms with Crippen LogP contribution in [0.1, 0.15) is 38.1 Å². The minimum absolute atomic E-state index is 0.134. The van der Waals surface area contributed by atoms with Gasteiger partial charge >= 0.3 is 0 Å². The fourth-order valence-electron chi connectivity index (χ4n) is 5.11. The monoisotopic (exact) mass is 436 g/mol. The van der Waals surface area contributed by atoms with Crippen molar-refractivity contribution in [3.8, 4) is 11.5 Å². The zero-order chi connectivity index (χ0) is 20.9. The van der Waals surface area contributed by atoms with Crippen LogP contribution in [-0.4, -0.2) is 27.6 Å². The van der Waals surface area contributed by atoms with Crippen molar-refractivity contribution in [1.82, 2.24) is 14.6 Å². The third-order valence-electron chi connectivity index (χ3n) is 6.80. The first-order valence-electron chi connectivity index (χ1n) is 11.2. The number of hydrazine groups is 1. The summed E-state index contributed by atoms with van der Waals surface area (Å²) in [4.78, 5) is 18.1. The lowest BCUT2D eigenvalue weighted by Gasteiger charge is -2.20. The van der Waals surface area contributed by atoms with Gasteiger partial charge < -0.3 is 10.2 Å². The van der Waals surface area contributed by atoms with E-state index in [1.165, 1.54) is 19.3 Å². The number of nitrogens with one attached hydrogen (secondary N) is 1. The van der Waals surface area contributed by atoms with Crippen LogP contribution in [0.2, 0.25) is 5.02 Å². The Morgan fingerprint density at radius 1 is 1.00 bits per heavy atom. The number of fused-ring (bicyclic) bond motifs is 2. The van der Waals surface area contributed by atoms with Crippen LogP contribution in [0.25, 0.3) is 11.0 Å². The van der Waals surface area contributed by atoms with Crippen LogP contribution in [0.3, 0.4) is 0 Å². The van der Waals surface area contributed by atoms with Crippen molar-refractivity contribution >= 4 is 28.5 Å². The molecule has 3 heterocycles. The molecule has 1 aliphatic heterocycles. The number of ether oxygens (including phenoxy) is 1. The summed E-state index contributed by atoms with van der Waals surface area (Å²) in [5.74, 6) is 3.33. The molecule has 0 bridgehead atoms. The molecule has 2 aliphatic carbocycles. The summed E-state index contributed by atoms with van der Waals surface area (Å²) in [5, 5.41) is 3.83. The number of hydrogen-bond donors (Lipinski definition) is 1. The van der Waals surface area contributed by atoms with Crippen LogP contribution in [0, 0.1) is 11.8 Å². The zero-order valence-corrected chi connectivity index (χ0v) is 18.0. The molecule has 6 rings (SSSR count). The van der Waals surface area contributed by atoms with Gasteiger partial charge in [-0.3, -0.25) is 9.36 Å². The molecular formula is C24H25ClN4O2. The number of benzene rings is 1. The molecule has 2 saturated carbocycles. The fraction of sp³-hybridized carbons (Fsp3) is 0.417. The number of pyridine rings is 2. The first-order valence-corrected chi connectivity index (χ1v) is 11.5. The second-order valence-corrected chi connectivity index (χ2v) is 9.48. The standard InChI is InChI=1S/C24H25ClN4O2/c25-18-5-9-20(10-6-18)31-21-12-15-4-11-22(26-23(15)29(24(21)30)19-7-8-19)27-28-13-16-2-1-3-17(16)14-28/h4-6,9-12,16-17,19H,1-3,7-8,13-14H2,(H,26,27). The van der Waals surface area contributed by atoms with Crippen LogP contribution in [-0.2, 0) is 0 Å². The smallest absolute Gasteiger partial charge is 0.295 e. The van der Waals surface area contributed by atoms with Crippen molar-refractivity contribution < 1.29 is 4.74 Å². The van der Waals surface area contributed by atoms with Gasteiger partial charge in [-0.2, -0.15) is 0 Å². The van der Waals surface area contributed by atoms with Crippen molar-refractivity contribution in [2.45, 2.75) is 38.1 Å². The van der Waals surface area contributed by atoms with Gasteiger partial charge in [-0.1, -0.05) is 18.0 Å². The summed E-state index contributed by atoms with van der Waals surface area (Å²) in [6.45, 7) is 2.15. The molecule has 0 spiro atoms. The van der Waals surface area contributed by atoms with E-state index in [1.54, 1.807) is 30.3 Å². The number of hydrogen-bond acceptors (Lipinski definition) is 5. The Morgan fingerprint density at radius 3 is 2.45 bits per heavy atom. The van der Waals surface area contributed by atoms with Gasteiger partial charge in [-0.15, -0.1) is 0 Å². The number of halogens is 1. The second kappa shape index (κ2) is 7.53. The molecule has 160 valence electrons. The van der Waals surface area contributed by atoms with Crippen molar-refractivity contribution in [3.63, 3.8) is 0 Å². The van der Waals surface area contributed by atoms with Crippen LogP contribution in [0.4, 0.5) is 5.82 Å². The first-order chi connectivity index (χ1) is 15.1. The summed E-state index contributed by atoms with van der Waals surface area (Å²) in [7, 11) is 0. The van der Waals surface area contributed by atoms with Gasteiger partial charge in [0.25, 0.3) is 5.56 Å². The zero-order valence-electron chi connectivity index (χ0n) is 17.3. The number of nitrogens with zero attached hydrogens (tertiary/aromatic N) is 3. The Bertz CT molecular complexity index is 1180. The average molecular weight is 437 g/mol. The van der Waals surface area contributed by atoms with E-state index in [2.05, 4.69) is 10.4 Å². The highest BCUT2D eigenvalue weighted by Gasteiger charge is 2.36. The molecule has 2 atom stereocenters. The van der Waals surface area contributed by atoms with E-state index in [1.807, 2.05) is 16.7 Å². The van der Waals surface area contributed by atoms with E-state index in [0.717, 1.165) is 54.6 Å². The molecule has 1 saturated heterocycles. The second-order valence-electron chi connectivity index (χ2n) is 9.05. The highest BCUT2D eigenvalue weighted by atomic mass is 35.5. The Morgan fingerprint density at radius 2 is 1.74 bits per heavy atom. The molecule has 6 nitrogen and oxygen atoms in total. The molecule has 3 aromatic rings. The van der Waals surface area contributed by atoms with Crippen LogP contribution in [0.15, 0.2) is 47.3 Å². The van der Waals surface area contributed by atoms with Crippen LogP contribution < -0.4 is 15.7 Å². The van der Waals surface area contributed by atoms with Crippen LogP contribution >= 0.6 is 11.6 Å². The molecule has 1 aromatic carbocycles. The van der Waals surface area contributed by atoms with Crippen molar-refractivity contribution in [2.75, 3.05) is 18.5 Å². The Balaban J connectivity index is 1.33. The quantitative estimate of drug-likeness (QED) is 0.593. The Hall–Kier alpha value is -2.57. The number of anilines is 1. The SMILES string of the molecule is O=c1c(Oc2ccc(Cl)cc2)cc2ccc(NN3CC4CCCC4C3)nc2n1C1CC1. The highest BCUT2D eigenvalue weighted by molar-refractivity contribution is 6.30. The average Bonchev–Trinajstić information content (AvgIpc) is 3.38. The topological polar surface area (TPSA) is 59.4 Å². The summed E-state index contributed by atoms with van der Waals surface area (Å²) < 4.78 is 7.74. The molecular weight excluding hydrogens is 412 g/mol. The number of rotatable bonds is 5. The van der Waals surface area contributed by atoms with E-state index < -0.39 is 0 Å². The lowest BCUT2D eigenvalue weighted by molar-refractivity contribution is 0.371. The van der Waals surface area contributed by atoms with Crippen molar-refractivity contribution in [3.05, 3.63) is 57.8 Å². The normalized spacial score (nSPS) is 23.3. The summed E-state index contributed by atoms with van der Waals surface area (Å²) >= 11 is 5.96. The number of aromatic nitrogens is 2. The van der Waals surface area contributed by atoms with Gasteiger partial charge in [0, 0.05) is 29.5 Å². The third kappa shape index (κ3) is 3.68. The molecule has 2 aromatic heterocycles. The maximum absolute atomic E-state index is 13.3. The van der Waals surface area contributed by atoms with E-state index >= 15 is 0 Å². The summed E-state index contributed by atoms with van der Waals surface area (Å²) in [6, 6.07) is 13.0. The fourth-order valence-corrected chi connectivity index (χ4v) is 5.23. The van der Waals surface area contributed by atoms with E-state index in [0.29, 0.717) is 16.5 Å². The Labute approximate surface area is 185 Å². The van der Waals surface area contributed by atoms with Gasteiger partial charge in [0.2, 0.25) is 0 Å². The Kier molecular flexibility index (Phi) is 4.65. The largest absolute Gasteiger partial charge is 0.452 e. The van der Waals surface area contributed by atoms with Crippen molar-refractivity contribution in [1.29, 1.82) is 0 Å². The molecule has 0 radical (unpaired) electrons. The maximum Gasteiger partial charge on any atom is 0.295 e. The maximum atomic E-state index is 13.3. The predicted octanol–water partition coefficient (Wildman–Crippen LogP) is 5.24. The molecule has 0 amide bonds. The lowest BCUT2D eigenvalue weighted by atomic mass is 10.0. The predicted molar refractivity (Wildman–Crippen MR) is 122 cm³/mol. The van der Waals surface area contributed by atoms with E-state index in [-0.39, 0.29) is 11.6 Å². The third-order valence-corrected chi connectivity index (χ3v) is 7.05. The van der Waals surface area contributed by atoms with Gasteiger partial charge in [0.05, 0.1) is 0 Å². The minimum Gasteiger partial charge on any atom is -0.452 e. The molecule has 2 unspecified atom stereocenters. The summed E-state index contributed by atoms with van der Waals surface area (Å²) in [6.07, 6.45) is 6.03. The van der Waals surface area contributed by atoms with Gasteiger partial charge in [-0.05, 0) is 80.0 Å². The summed E-state index contributed by atoms with van der Waals surface area (Å²) in [5.41, 5.74) is 4.08. The molecule has 3 fully saturated rings. The first kappa shape index (κ1) is 19.1. The molecule has 31 heavy (non-hydrogen) atoms. The van der Waals surface area contributed by atoms with Gasteiger partial charge in [0.15, 0.2) is 5.75 Å². The van der Waals surface area contributed by atoms with Crippen molar-refractivity contribution in [2.24, 2.45) is 11.8 Å². The van der Waals surface area contributed by atoms with Gasteiger partial charge in [-0.25, -0.2) is 9.99 Å². The van der Waals surface area contributed by atoms with E-state index in [4.69, 9.17) is 21.3 Å². The van der Waals surface area contributed by atoms with E-state index in [9.17, 15) is 4.79 Å². The van der Waals surface area contributed by atoms with Crippen LogP contribution in [0.5, 0.6) is 11.5 Å². The highest BCUT2D eigenvalue weighted by Crippen LogP contribution is 2.39. The molecule has 3 aliphatic rings.